The minimum absolute atomic E-state index is 0.315. The summed E-state index contributed by atoms with van der Waals surface area (Å²) in [6, 6.07) is 39.7. The monoisotopic (exact) mass is 1780 g/mol. The maximum absolute atomic E-state index is 10.1. The van der Waals surface area contributed by atoms with E-state index >= 15 is 0 Å². The number of phenolic OH excluding ortho intramolecular Hbond substituents is 1. The van der Waals surface area contributed by atoms with Crippen molar-refractivity contribution in [2.75, 3.05) is 264 Å². The molecule has 108 heavy (non-hydrogen) atoms. The average Bonchev–Trinajstić information content (AvgIpc) is 0.855. The van der Waals surface area contributed by atoms with Gasteiger partial charge < -0.3 is 49.0 Å². The molecule has 10 nitrogen and oxygen atoms in total. The molecule has 0 fully saturated rings. The Kier molecular flexibility index (Phi) is 65.2. The Bertz CT molecular complexity index is 1950. The van der Waals surface area contributed by atoms with Gasteiger partial charge in [-0.05, 0) is 238 Å². The van der Waals surface area contributed by atoms with Crippen LogP contribution in [0, 0.1) is 0 Å². The molecule has 642 valence electrons. The number of benzene rings is 1. The van der Waals surface area contributed by atoms with E-state index in [1.807, 2.05) is 12.1 Å². The summed E-state index contributed by atoms with van der Waals surface area (Å²) in [5.74, 6) is 22.3. The van der Waals surface area contributed by atoms with Crippen molar-refractivity contribution in [3.8, 4) is 11.5 Å². The number of nitrogens with zero attached hydrogens (tertiary/aromatic N) is 8. The molecule has 0 saturated carbocycles. The second-order valence-corrected chi connectivity index (χ2v) is 83.6. The summed E-state index contributed by atoms with van der Waals surface area (Å²) >= 11 is 18.0. The summed E-state index contributed by atoms with van der Waals surface area (Å²) in [7, 11) is 25.6. The van der Waals surface area contributed by atoms with Crippen molar-refractivity contribution in [2.24, 2.45) is 0 Å². The van der Waals surface area contributed by atoms with Gasteiger partial charge in [-0.25, -0.2) is 0 Å². The lowest BCUT2D eigenvalue weighted by molar-refractivity contribution is 0.308. The Morgan fingerprint density at radius 2 is 0.380 bits per heavy atom. The van der Waals surface area contributed by atoms with Gasteiger partial charge in [0.25, 0.3) is 0 Å². The summed E-state index contributed by atoms with van der Waals surface area (Å²) in [5.41, 5.74) is 0. The molecule has 0 amide bonds. The number of hydrogen-bond acceptors (Lipinski definition) is 18. The lowest BCUT2D eigenvalue weighted by Gasteiger charge is -2.36. The molecule has 25 heteroatoms. The van der Waals surface area contributed by atoms with E-state index in [4.69, 9.17) is 4.74 Å². The number of phenols is 1. The van der Waals surface area contributed by atoms with Crippen LogP contribution in [-0.2, 0) is 0 Å². The van der Waals surface area contributed by atoms with E-state index < -0.39 is 56.5 Å². The van der Waals surface area contributed by atoms with Gasteiger partial charge in [0.05, 0.1) is 63.1 Å². The van der Waals surface area contributed by atoms with Gasteiger partial charge in [0.1, 0.15) is 11.5 Å². The average molecular weight is 1780 g/mol. The second-order valence-electron chi connectivity index (χ2n) is 37.9. The zero-order valence-electron chi connectivity index (χ0n) is 75.7. The fraction of sp³-hybridized carbons (Fsp3) is 0.928. The van der Waals surface area contributed by atoms with E-state index in [9.17, 15) is 5.11 Å². The van der Waals surface area contributed by atoms with Crippen molar-refractivity contribution in [2.45, 2.75) is 224 Å². The number of unbranched alkanes of at least 4 members (excludes halogenated alkanes) is 1. The predicted molar refractivity (Wildman–Crippen MR) is 540 cm³/mol. The van der Waals surface area contributed by atoms with Gasteiger partial charge >= 0.3 is 0 Å². The molecule has 0 atom stereocenters. The molecular formula is C83H182N8O2S8Si7. The highest BCUT2D eigenvalue weighted by Gasteiger charge is 2.37. The Labute approximate surface area is 716 Å². The van der Waals surface area contributed by atoms with Gasteiger partial charge in [-0.15, -0.1) is 0 Å². The Hall–Kier alpha value is 2.82. The highest BCUT2D eigenvalue weighted by molar-refractivity contribution is 8.01. The van der Waals surface area contributed by atoms with Crippen molar-refractivity contribution in [1.82, 2.24) is 39.2 Å². The molecule has 1 rings (SSSR count). The predicted octanol–water partition coefficient (Wildman–Crippen LogP) is 21.8. The van der Waals surface area contributed by atoms with Gasteiger partial charge in [-0.1, -0.05) is 169 Å². The van der Waals surface area contributed by atoms with E-state index in [1.54, 1.807) is 84.7 Å². The molecule has 0 aliphatic rings. The zero-order valence-corrected chi connectivity index (χ0v) is 89.2. The third-order valence-electron chi connectivity index (χ3n) is 23.9. The lowest BCUT2D eigenvalue weighted by atomic mass is 10.3. The molecule has 0 heterocycles. The van der Waals surface area contributed by atoms with Gasteiger partial charge in [0.15, 0.2) is 0 Å². The summed E-state index contributed by atoms with van der Waals surface area (Å²) in [6.07, 6.45) is 11.5. The first-order chi connectivity index (χ1) is 51.0. The molecule has 1 N–H and O–H groups in total. The highest BCUT2D eigenvalue weighted by atomic mass is 32.2. The maximum Gasteiger partial charge on any atom is 0.119 e. The molecule has 1 aromatic carbocycles. The molecule has 0 bridgehead atoms. The fourth-order valence-corrected chi connectivity index (χ4v) is 61.8. The first-order valence-electron chi connectivity index (χ1n) is 43.3. The van der Waals surface area contributed by atoms with Crippen LogP contribution in [-0.4, -0.2) is 365 Å². The Morgan fingerprint density at radius 1 is 0.222 bits per heavy atom. The molecule has 1 aromatic rings. The molecule has 0 unspecified atom stereocenters. The smallest absolute Gasteiger partial charge is 0.119 e. The van der Waals surface area contributed by atoms with Crippen molar-refractivity contribution in [3.05, 3.63) is 24.3 Å². The highest BCUT2D eigenvalue weighted by Crippen LogP contribution is 2.41. The largest absolute Gasteiger partial charge is 0.508 e. The lowest BCUT2D eigenvalue weighted by Crippen LogP contribution is -2.37. The van der Waals surface area contributed by atoms with E-state index in [2.05, 4.69) is 292 Å². The normalized spacial score (nSPS) is 13.4. The van der Waals surface area contributed by atoms with Crippen LogP contribution in [0.2, 0.25) is 173 Å². The quantitative estimate of drug-likeness (QED) is 0.0497. The van der Waals surface area contributed by atoms with Crippen LogP contribution in [0.5, 0.6) is 11.5 Å². The molecule has 0 aromatic heterocycles. The molecule has 0 aliphatic carbocycles. The van der Waals surface area contributed by atoms with Crippen molar-refractivity contribution in [1.29, 1.82) is 0 Å². The fourth-order valence-electron chi connectivity index (χ4n) is 15.0. The molecule has 0 aliphatic heterocycles. The first kappa shape index (κ1) is 109. The summed E-state index contributed by atoms with van der Waals surface area (Å²) in [6.45, 7) is 30.7. The minimum Gasteiger partial charge on any atom is -0.508 e. The number of hydrogen-bond donors (Lipinski definition) is 1. The summed E-state index contributed by atoms with van der Waals surface area (Å²) in [4.78, 5) is 19.0. The van der Waals surface area contributed by atoms with Crippen LogP contribution >= 0.6 is 94.1 Å². The van der Waals surface area contributed by atoms with Crippen molar-refractivity contribution in [3.63, 3.8) is 0 Å². The van der Waals surface area contributed by atoms with Gasteiger partial charge in [0.2, 0.25) is 0 Å². The second kappa shape index (κ2) is 64.7. The van der Waals surface area contributed by atoms with E-state index in [1.165, 1.54) is 244 Å². The van der Waals surface area contributed by atoms with Crippen LogP contribution in [0.4, 0.5) is 0 Å². The Balaban J connectivity index is 3.90. The molecular weight excluding hydrogens is 1590 g/mol. The number of rotatable bonds is 78. The maximum atomic E-state index is 10.1. The van der Waals surface area contributed by atoms with Crippen molar-refractivity contribution < 1.29 is 9.84 Å². The standard InChI is InChI=1S/C83H182N8O2S8Si7/c1-84(2)36-45-94-53-74-105(20,75-54-95-46-37-85(3)4)70-28-66-103(18,67-29-71-106(21,76-55-96-47-38-86(5)6)77-56-97-48-39-87(7)8)64-26-62-102(17,61-25-24-44-93-83-34-32-82(92)33-35-83)63-27-65-104(19,68-30-72-107(22,78-57-98-49-40-88(9)10)79-58-99-50-41-89(11)12)69-31-73-108(23,80-59-100-51-42-90(13)14)81-60-101-52-43-91(15)16/h32-35,92H,24-31,36-81H2,1-23H3. The summed E-state index contributed by atoms with van der Waals surface area (Å²) < 4.78 is 6.40. The van der Waals surface area contributed by atoms with Crippen LogP contribution < -0.4 is 4.74 Å². The van der Waals surface area contributed by atoms with E-state index in [0.717, 1.165) is 18.8 Å². The van der Waals surface area contributed by atoms with Crippen molar-refractivity contribution >= 4 is 151 Å². The third-order valence-corrected chi connectivity index (χ3v) is 66.5. The zero-order chi connectivity index (χ0) is 80.6. The van der Waals surface area contributed by atoms with E-state index in [0.29, 0.717) is 5.75 Å². The van der Waals surface area contributed by atoms with Crippen LogP contribution in [0.3, 0.4) is 0 Å². The number of ether oxygens (including phenoxy) is 1. The number of aromatic hydroxyl groups is 1. The SMILES string of the molecule is CN(C)CCSCC[Si](C)(CCC[Si](C)(CCC[Si](C)(CCCCOc1ccc(O)cc1)CCC[Si](C)(CCC[Si](C)(CCSCCN(C)C)CCSCCN(C)C)CCC[Si](C)(CCSCCN(C)C)CCSCCN(C)C)CCC[Si](C)(CCSCCN(C)C)CCSCCN(C)C)CCSCCN(C)C. The van der Waals surface area contributed by atoms with Gasteiger partial charge in [-0.3, -0.25) is 0 Å². The van der Waals surface area contributed by atoms with Gasteiger partial charge in [0, 0.05) is 98.4 Å². The Morgan fingerprint density at radius 3 is 0.546 bits per heavy atom. The van der Waals surface area contributed by atoms with Crippen LogP contribution in [0.25, 0.3) is 0 Å². The molecule has 0 spiro atoms. The third kappa shape index (κ3) is 62.9. The van der Waals surface area contributed by atoms with Crippen LogP contribution in [0.15, 0.2) is 24.3 Å². The van der Waals surface area contributed by atoms with E-state index in [-0.39, 0.29) is 0 Å². The summed E-state index contributed by atoms with van der Waals surface area (Å²) in [5, 5.41) is 10.1. The molecule has 0 radical (unpaired) electrons. The molecule has 0 saturated heterocycles. The van der Waals surface area contributed by atoms with Crippen LogP contribution in [0.1, 0.15) is 51.4 Å². The topological polar surface area (TPSA) is 55.4 Å². The number of thioether (sulfide) groups is 8. The first-order valence-corrected chi connectivity index (χ1v) is 74.4. The van der Waals surface area contributed by atoms with Gasteiger partial charge in [-0.2, -0.15) is 94.1 Å². The minimum atomic E-state index is -1.62.